The van der Waals surface area contributed by atoms with E-state index in [0.29, 0.717) is 37.0 Å². The lowest BCUT2D eigenvalue weighted by Crippen LogP contribution is -2.24. The van der Waals surface area contributed by atoms with E-state index in [9.17, 15) is 9.59 Å². The third-order valence-electron chi connectivity index (χ3n) is 4.22. The third kappa shape index (κ3) is 3.59. The molecule has 0 aromatic heterocycles. The standard InChI is InChI=1S/C19H19NO3/c21-18(20-17-7-3-6-16(17)19(22)23)11-9-13-8-10-14-4-1-2-5-15(14)12-13/h1-2,4-5,8,10,12H,3,6-7,9,11H2,(H,20,21)(H,22,23). The molecular formula is C19H19NO3. The number of hydrogen-bond acceptors (Lipinski definition) is 2. The topological polar surface area (TPSA) is 66.4 Å². The molecule has 0 unspecified atom stereocenters. The van der Waals surface area contributed by atoms with Crippen LogP contribution < -0.4 is 5.32 Å². The van der Waals surface area contributed by atoms with E-state index in [1.54, 1.807) is 0 Å². The summed E-state index contributed by atoms with van der Waals surface area (Å²) in [5.41, 5.74) is 2.04. The molecule has 4 nitrogen and oxygen atoms in total. The van der Waals surface area contributed by atoms with Crippen LogP contribution in [0, 0.1) is 0 Å². The van der Waals surface area contributed by atoms with Crippen molar-refractivity contribution in [3.63, 3.8) is 0 Å². The second-order valence-corrected chi connectivity index (χ2v) is 5.85. The first kappa shape index (κ1) is 15.3. The van der Waals surface area contributed by atoms with Crippen molar-refractivity contribution in [3.8, 4) is 0 Å². The Morgan fingerprint density at radius 1 is 1.04 bits per heavy atom. The van der Waals surface area contributed by atoms with E-state index in [4.69, 9.17) is 5.11 Å². The summed E-state index contributed by atoms with van der Waals surface area (Å²) < 4.78 is 0. The monoisotopic (exact) mass is 309 g/mol. The van der Waals surface area contributed by atoms with E-state index in [1.807, 2.05) is 18.2 Å². The number of aryl methyl sites for hydroxylation is 1. The minimum Gasteiger partial charge on any atom is -0.478 e. The van der Waals surface area contributed by atoms with Crippen LogP contribution in [0.1, 0.15) is 31.2 Å². The molecule has 0 spiro atoms. The van der Waals surface area contributed by atoms with E-state index < -0.39 is 5.97 Å². The summed E-state index contributed by atoms with van der Waals surface area (Å²) >= 11 is 0. The van der Waals surface area contributed by atoms with Gasteiger partial charge < -0.3 is 10.4 Å². The van der Waals surface area contributed by atoms with Crippen LogP contribution in [0.3, 0.4) is 0 Å². The quantitative estimate of drug-likeness (QED) is 0.889. The molecule has 0 heterocycles. The number of carboxylic acid groups (broad SMARTS) is 1. The number of fused-ring (bicyclic) bond motifs is 1. The molecule has 4 heteroatoms. The van der Waals surface area contributed by atoms with Gasteiger partial charge in [-0.25, -0.2) is 4.79 Å². The van der Waals surface area contributed by atoms with Crippen molar-refractivity contribution in [1.82, 2.24) is 5.32 Å². The zero-order valence-electron chi connectivity index (χ0n) is 12.8. The minimum absolute atomic E-state index is 0.117. The van der Waals surface area contributed by atoms with Gasteiger partial charge in [-0.1, -0.05) is 42.5 Å². The third-order valence-corrected chi connectivity index (χ3v) is 4.22. The van der Waals surface area contributed by atoms with E-state index in [1.165, 1.54) is 5.39 Å². The molecule has 1 aliphatic carbocycles. The van der Waals surface area contributed by atoms with Crippen molar-refractivity contribution in [2.45, 2.75) is 32.1 Å². The SMILES string of the molecule is O=C(CCc1ccc2ccccc2c1)NC1=C(C(=O)O)CCC1. The Labute approximate surface area is 134 Å². The van der Waals surface area contributed by atoms with Gasteiger partial charge in [-0.15, -0.1) is 0 Å². The summed E-state index contributed by atoms with van der Waals surface area (Å²) in [7, 11) is 0. The Kier molecular flexibility index (Phi) is 4.42. The number of carbonyl (C=O) groups excluding carboxylic acids is 1. The molecular weight excluding hydrogens is 290 g/mol. The van der Waals surface area contributed by atoms with Gasteiger partial charge in [-0.2, -0.15) is 0 Å². The number of carbonyl (C=O) groups is 2. The predicted octanol–water partition coefficient (Wildman–Crippen LogP) is 3.41. The second kappa shape index (κ2) is 6.65. The van der Waals surface area contributed by atoms with Crippen LogP contribution in [0.25, 0.3) is 10.8 Å². The molecule has 2 aromatic carbocycles. The van der Waals surface area contributed by atoms with Gasteiger partial charge in [0.25, 0.3) is 0 Å². The first-order chi connectivity index (χ1) is 11.1. The summed E-state index contributed by atoms with van der Waals surface area (Å²) in [4.78, 5) is 23.2. The van der Waals surface area contributed by atoms with Crippen LogP contribution in [0.4, 0.5) is 0 Å². The highest BCUT2D eigenvalue weighted by Crippen LogP contribution is 2.24. The Balaban J connectivity index is 1.62. The summed E-state index contributed by atoms with van der Waals surface area (Å²) in [6.07, 6.45) is 2.97. The molecule has 0 aliphatic heterocycles. The highest BCUT2D eigenvalue weighted by atomic mass is 16.4. The lowest BCUT2D eigenvalue weighted by atomic mass is 10.0. The van der Waals surface area contributed by atoms with Crippen molar-refractivity contribution in [1.29, 1.82) is 0 Å². The zero-order chi connectivity index (χ0) is 16.2. The molecule has 0 fully saturated rings. The van der Waals surface area contributed by atoms with Gasteiger partial charge >= 0.3 is 5.97 Å². The van der Waals surface area contributed by atoms with Crippen molar-refractivity contribution >= 4 is 22.6 Å². The highest BCUT2D eigenvalue weighted by molar-refractivity contribution is 5.90. The van der Waals surface area contributed by atoms with Gasteiger partial charge in [-0.3, -0.25) is 4.79 Å². The fraction of sp³-hybridized carbons (Fsp3) is 0.263. The van der Waals surface area contributed by atoms with Crippen molar-refractivity contribution in [2.24, 2.45) is 0 Å². The molecule has 0 atom stereocenters. The maximum Gasteiger partial charge on any atom is 0.333 e. The van der Waals surface area contributed by atoms with Crippen molar-refractivity contribution in [3.05, 3.63) is 59.3 Å². The van der Waals surface area contributed by atoms with Gasteiger partial charge in [0.05, 0.1) is 5.57 Å². The highest BCUT2D eigenvalue weighted by Gasteiger charge is 2.21. The molecule has 0 saturated heterocycles. The molecule has 2 aromatic rings. The largest absolute Gasteiger partial charge is 0.478 e. The summed E-state index contributed by atoms with van der Waals surface area (Å²) in [5, 5.41) is 14.2. The number of carboxylic acids is 1. The average Bonchev–Trinajstić information content (AvgIpc) is 3.01. The minimum atomic E-state index is -0.924. The van der Waals surface area contributed by atoms with Crippen LogP contribution in [-0.2, 0) is 16.0 Å². The van der Waals surface area contributed by atoms with Gasteiger partial charge in [0.1, 0.15) is 0 Å². The van der Waals surface area contributed by atoms with Crippen molar-refractivity contribution < 1.29 is 14.7 Å². The number of aliphatic carboxylic acids is 1. The molecule has 1 amide bonds. The smallest absolute Gasteiger partial charge is 0.333 e. The first-order valence-electron chi connectivity index (χ1n) is 7.86. The molecule has 23 heavy (non-hydrogen) atoms. The summed E-state index contributed by atoms with van der Waals surface area (Å²) in [5.74, 6) is -1.04. The van der Waals surface area contributed by atoms with Crippen LogP contribution in [0.5, 0.6) is 0 Å². The maximum atomic E-state index is 12.1. The molecule has 118 valence electrons. The molecule has 2 N–H and O–H groups in total. The van der Waals surface area contributed by atoms with E-state index in [2.05, 4.69) is 29.6 Å². The van der Waals surface area contributed by atoms with Gasteiger partial charge in [0, 0.05) is 12.1 Å². The van der Waals surface area contributed by atoms with Crippen molar-refractivity contribution in [2.75, 3.05) is 0 Å². The predicted molar refractivity (Wildman–Crippen MR) is 88.9 cm³/mol. The second-order valence-electron chi connectivity index (χ2n) is 5.85. The van der Waals surface area contributed by atoms with Crippen LogP contribution >= 0.6 is 0 Å². The Bertz CT molecular complexity index is 792. The number of hydrogen-bond donors (Lipinski definition) is 2. The van der Waals surface area contributed by atoms with E-state index in [0.717, 1.165) is 17.4 Å². The van der Waals surface area contributed by atoms with E-state index >= 15 is 0 Å². The number of benzene rings is 2. The van der Waals surface area contributed by atoms with E-state index in [-0.39, 0.29) is 5.91 Å². The normalized spacial score (nSPS) is 14.3. The lowest BCUT2D eigenvalue weighted by Gasteiger charge is -2.08. The number of allylic oxidation sites excluding steroid dienone is 1. The number of amides is 1. The fourth-order valence-electron chi connectivity index (χ4n) is 3.00. The average molecular weight is 309 g/mol. The van der Waals surface area contributed by atoms with Gasteiger partial charge in [0.2, 0.25) is 5.91 Å². The first-order valence-corrected chi connectivity index (χ1v) is 7.86. The van der Waals surface area contributed by atoms with Crippen LogP contribution in [0.2, 0.25) is 0 Å². The lowest BCUT2D eigenvalue weighted by molar-refractivity contribution is -0.132. The number of rotatable bonds is 5. The Hall–Kier alpha value is -2.62. The molecule has 0 bridgehead atoms. The zero-order valence-corrected chi connectivity index (χ0v) is 12.8. The maximum absolute atomic E-state index is 12.1. The Morgan fingerprint density at radius 3 is 2.61 bits per heavy atom. The van der Waals surface area contributed by atoms with Crippen LogP contribution in [0.15, 0.2) is 53.7 Å². The molecule has 0 saturated carbocycles. The fourth-order valence-corrected chi connectivity index (χ4v) is 3.00. The molecule has 0 radical (unpaired) electrons. The van der Waals surface area contributed by atoms with Gasteiger partial charge in [-0.05, 0) is 42.0 Å². The molecule has 3 rings (SSSR count). The van der Waals surface area contributed by atoms with Gasteiger partial charge in [0.15, 0.2) is 0 Å². The summed E-state index contributed by atoms with van der Waals surface area (Å²) in [6.45, 7) is 0. The Morgan fingerprint density at radius 2 is 1.83 bits per heavy atom. The van der Waals surface area contributed by atoms with Crippen LogP contribution in [-0.4, -0.2) is 17.0 Å². The number of nitrogens with one attached hydrogen (secondary N) is 1. The molecule has 1 aliphatic rings. The summed E-state index contributed by atoms with van der Waals surface area (Å²) in [6, 6.07) is 14.3.